The molecule has 124 valence electrons. The Balaban J connectivity index is 2.25. The molecule has 0 spiro atoms. The second-order valence-electron chi connectivity index (χ2n) is 6.24. The Morgan fingerprint density at radius 1 is 1.35 bits per heavy atom. The molecular formula is C19H25NO3. The lowest BCUT2D eigenvalue weighted by Crippen LogP contribution is -2.71. The minimum absolute atomic E-state index is 0.00599. The van der Waals surface area contributed by atoms with Crippen molar-refractivity contribution in [2.45, 2.75) is 39.0 Å². The van der Waals surface area contributed by atoms with Gasteiger partial charge in [-0.05, 0) is 30.5 Å². The summed E-state index contributed by atoms with van der Waals surface area (Å²) < 4.78 is 11.6. The molecule has 1 aliphatic rings. The number of benzene rings is 1. The lowest BCUT2D eigenvalue weighted by Gasteiger charge is -2.50. The second-order valence-corrected chi connectivity index (χ2v) is 6.24. The standard InChI is InChI=1S/C19H25NO3/c1-6-14(4)17(22-5)16-18(19(21)20(16)12-13(2)3)23-15-10-8-7-9-11-15/h7-11,13,16-18H,1,12H2,2-5H3/t16-,17+,18+/m0/s1. The predicted molar refractivity (Wildman–Crippen MR) is 90.3 cm³/mol. The van der Waals surface area contributed by atoms with E-state index in [1.54, 1.807) is 7.11 Å². The van der Waals surface area contributed by atoms with E-state index in [2.05, 4.69) is 26.2 Å². The Bertz CT molecular complexity index is 590. The molecule has 0 bridgehead atoms. The summed E-state index contributed by atoms with van der Waals surface area (Å²) in [5.41, 5.74) is 3.76. The Morgan fingerprint density at radius 2 is 2.00 bits per heavy atom. The molecule has 23 heavy (non-hydrogen) atoms. The number of amides is 1. The van der Waals surface area contributed by atoms with E-state index in [1.165, 1.54) is 0 Å². The van der Waals surface area contributed by atoms with Crippen LogP contribution in [0.15, 0.2) is 48.2 Å². The van der Waals surface area contributed by atoms with Gasteiger partial charge in [0.15, 0.2) is 6.10 Å². The van der Waals surface area contributed by atoms with Crippen molar-refractivity contribution in [3.63, 3.8) is 0 Å². The minimum Gasteiger partial charge on any atom is -0.478 e. The number of nitrogens with zero attached hydrogens (tertiary/aromatic N) is 1. The molecule has 4 nitrogen and oxygen atoms in total. The average molecular weight is 315 g/mol. The number of carbonyl (C=O) groups excluding carboxylic acids is 1. The van der Waals surface area contributed by atoms with Gasteiger partial charge in [-0.2, -0.15) is 0 Å². The maximum Gasteiger partial charge on any atom is 0.266 e. The van der Waals surface area contributed by atoms with Crippen LogP contribution < -0.4 is 4.74 Å². The van der Waals surface area contributed by atoms with Crippen LogP contribution in [0, 0.1) is 5.92 Å². The highest BCUT2D eigenvalue weighted by Gasteiger charge is 2.53. The van der Waals surface area contributed by atoms with Crippen molar-refractivity contribution in [2.75, 3.05) is 13.7 Å². The zero-order chi connectivity index (χ0) is 17.0. The van der Waals surface area contributed by atoms with Gasteiger partial charge in [-0.25, -0.2) is 0 Å². The van der Waals surface area contributed by atoms with Gasteiger partial charge in [0.1, 0.15) is 17.9 Å². The van der Waals surface area contributed by atoms with Gasteiger partial charge in [-0.1, -0.05) is 38.6 Å². The number of para-hydroxylation sites is 1. The van der Waals surface area contributed by atoms with Gasteiger partial charge in [-0.3, -0.25) is 4.79 Å². The highest BCUT2D eigenvalue weighted by Crippen LogP contribution is 2.32. The van der Waals surface area contributed by atoms with Gasteiger partial charge in [-0.15, -0.1) is 5.73 Å². The molecule has 1 aliphatic heterocycles. The third-order valence-corrected chi connectivity index (χ3v) is 4.03. The first kappa shape index (κ1) is 17.3. The van der Waals surface area contributed by atoms with Crippen molar-refractivity contribution in [3.8, 4) is 5.75 Å². The number of likely N-dealkylation sites (tertiary alicyclic amines) is 1. The lowest BCUT2D eigenvalue weighted by atomic mass is 9.88. The summed E-state index contributed by atoms with van der Waals surface area (Å²) in [6.45, 7) is 10.5. The van der Waals surface area contributed by atoms with Crippen LogP contribution in [0.5, 0.6) is 5.75 Å². The van der Waals surface area contributed by atoms with E-state index in [0.29, 0.717) is 18.2 Å². The Kier molecular flexibility index (Phi) is 5.64. The highest BCUT2D eigenvalue weighted by atomic mass is 16.5. The molecule has 4 heteroatoms. The molecule has 1 saturated heterocycles. The van der Waals surface area contributed by atoms with E-state index < -0.39 is 6.10 Å². The van der Waals surface area contributed by atoms with Crippen LogP contribution in [0.25, 0.3) is 0 Å². The number of ether oxygens (including phenoxy) is 2. The molecule has 1 fully saturated rings. The number of rotatable bonds is 7. The zero-order valence-corrected chi connectivity index (χ0v) is 14.3. The summed E-state index contributed by atoms with van der Waals surface area (Å²) in [5, 5.41) is 0. The number of methoxy groups -OCH3 is 1. The third kappa shape index (κ3) is 3.66. The molecule has 0 unspecified atom stereocenters. The monoisotopic (exact) mass is 315 g/mol. The molecule has 1 aromatic rings. The largest absolute Gasteiger partial charge is 0.478 e. The number of hydrogen-bond acceptors (Lipinski definition) is 3. The van der Waals surface area contributed by atoms with E-state index in [9.17, 15) is 4.79 Å². The van der Waals surface area contributed by atoms with Crippen molar-refractivity contribution in [3.05, 3.63) is 48.2 Å². The van der Waals surface area contributed by atoms with Crippen molar-refractivity contribution >= 4 is 5.91 Å². The first-order valence-electron chi connectivity index (χ1n) is 7.91. The predicted octanol–water partition coefficient (Wildman–Crippen LogP) is 3.05. The van der Waals surface area contributed by atoms with Gasteiger partial charge >= 0.3 is 0 Å². The molecular weight excluding hydrogens is 290 g/mol. The lowest BCUT2D eigenvalue weighted by molar-refractivity contribution is -0.173. The number of carbonyl (C=O) groups is 1. The normalized spacial score (nSPS) is 21.6. The van der Waals surface area contributed by atoms with Crippen LogP contribution in [0.1, 0.15) is 20.8 Å². The van der Waals surface area contributed by atoms with Gasteiger partial charge < -0.3 is 14.4 Å². The SMILES string of the molecule is C=C=C(C)[C@@H](OC)[C@H]1[C@@H](Oc2ccccc2)C(=O)N1CC(C)C. The molecule has 0 saturated carbocycles. The fourth-order valence-corrected chi connectivity index (χ4v) is 2.90. The Morgan fingerprint density at radius 3 is 2.52 bits per heavy atom. The molecule has 0 radical (unpaired) electrons. The molecule has 2 rings (SSSR count). The molecule has 0 N–H and O–H groups in total. The summed E-state index contributed by atoms with van der Waals surface area (Å²) in [4.78, 5) is 14.4. The fourth-order valence-electron chi connectivity index (χ4n) is 2.90. The maximum atomic E-state index is 12.5. The maximum absolute atomic E-state index is 12.5. The van der Waals surface area contributed by atoms with Crippen LogP contribution in [-0.4, -0.2) is 42.7 Å². The smallest absolute Gasteiger partial charge is 0.266 e. The minimum atomic E-state index is -0.538. The summed E-state index contributed by atoms with van der Waals surface area (Å²) in [5.74, 6) is 1.08. The molecule has 1 heterocycles. The molecule has 0 aromatic heterocycles. The molecule has 3 atom stereocenters. The molecule has 1 aromatic carbocycles. The molecule has 1 amide bonds. The number of β-lactam (4-membered cyclic amide) rings is 1. The van der Waals surface area contributed by atoms with Crippen molar-refractivity contribution < 1.29 is 14.3 Å². The Hall–Kier alpha value is -2.03. The van der Waals surface area contributed by atoms with E-state index in [1.807, 2.05) is 42.2 Å². The summed E-state index contributed by atoms with van der Waals surface area (Å²) in [6.07, 6.45) is -0.804. The summed E-state index contributed by atoms with van der Waals surface area (Å²) in [7, 11) is 1.64. The van der Waals surface area contributed by atoms with Crippen LogP contribution in [-0.2, 0) is 9.53 Å². The average Bonchev–Trinajstić information content (AvgIpc) is 2.56. The van der Waals surface area contributed by atoms with E-state index in [4.69, 9.17) is 9.47 Å². The van der Waals surface area contributed by atoms with Crippen molar-refractivity contribution in [2.24, 2.45) is 5.92 Å². The molecule has 0 aliphatic carbocycles. The van der Waals surface area contributed by atoms with Crippen molar-refractivity contribution in [1.82, 2.24) is 4.90 Å². The first-order chi connectivity index (χ1) is 11.0. The Labute approximate surface area is 138 Å². The van der Waals surface area contributed by atoms with Gasteiger partial charge in [0, 0.05) is 13.7 Å². The van der Waals surface area contributed by atoms with E-state index in [0.717, 1.165) is 5.57 Å². The quantitative estimate of drug-likeness (QED) is 0.573. The first-order valence-corrected chi connectivity index (χ1v) is 7.91. The zero-order valence-electron chi connectivity index (χ0n) is 14.3. The number of hydrogen-bond donors (Lipinski definition) is 0. The second kappa shape index (κ2) is 7.49. The van der Waals surface area contributed by atoms with Crippen LogP contribution in [0.4, 0.5) is 0 Å². The third-order valence-electron chi connectivity index (χ3n) is 4.03. The van der Waals surface area contributed by atoms with E-state index in [-0.39, 0.29) is 18.1 Å². The topological polar surface area (TPSA) is 38.8 Å². The van der Waals surface area contributed by atoms with Gasteiger partial charge in [0.2, 0.25) is 0 Å². The van der Waals surface area contributed by atoms with Gasteiger partial charge in [0.25, 0.3) is 5.91 Å². The van der Waals surface area contributed by atoms with Crippen LogP contribution >= 0.6 is 0 Å². The van der Waals surface area contributed by atoms with E-state index >= 15 is 0 Å². The van der Waals surface area contributed by atoms with Crippen molar-refractivity contribution in [1.29, 1.82) is 0 Å². The highest BCUT2D eigenvalue weighted by molar-refractivity contribution is 5.89. The fraction of sp³-hybridized carbons (Fsp3) is 0.474. The summed E-state index contributed by atoms with van der Waals surface area (Å²) in [6, 6.07) is 9.25. The summed E-state index contributed by atoms with van der Waals surface area (Å²) >= 11 is 0. The van der Waals surface area contributed by atoms with Crippen LogP contribution in [0.3, 0.4) is 0 Å². The van der Waals surface area contributed by atoms with Gasteiger partial charge in [0.05, 0.1) is 0 Å². The van der Waals surface area contributed by atoms with Crippen LogP contribution in [0.2, 0.25) is 0 Å².